The predicted molar refractivity (Wildman–Crippen MR) is 100 cm³/mol. The van der Waals surface area contributed by atoms with Crippen molar-refractivity contribution in [2.75, 3.05) is 26.3 Å². The first-order valence-electron chi connectivity index (χ1n) is 8.53. The molecule has 27 heavy (non-hydrogen) atoms. The van der Waals surface area contributed by atoms with Gasteiger partial charge in [0.25, 0.3) is 5.91 Å². The van der Waals surface area contributed by atoms with Crippen molar-refractivity contribution in [2.45, 2.75) is 24.9 Å². The molecule has 0 unspecified atom stereocenters. The number of nitrogens with zero attached hydrogens (tertiary/aromatic N) is 3. The third-order valence-corrected chi connectivity index (χ3v) is 6.47. The van der Waals surface area contributed by atoms with Crippen LogP contribution in [-0.2, 0) is 27.8 Å². The monoisotopic (exact) mass is 411 g/mol. The minimum atomic E-state index is -3.65. The van der Waals surface area contributed by atoms with Crippen molar-refractivity contribution in [2.24, 2.45) is 0 Å². The Morgan fingerprint density at radius 2 is 2.11 bits per heavy atom. The van der Waals surface area contributed by atoms with E-state index in [-0.39, 0.29) is 22.9 Å². The average Bonchev–Trinajstić information content (AvgIpc) is 3.06. The summed E-state index contributed by atoms with van der Waals surface area (Å²) in [5.74, 6) is 0.221. The van der Waals surface area contributed by atoms with Crippen molar-refractivity contribution in [3.8, 4) is 0 Å². The van der Waals surface area contributed by atoms with E-state index in [0.29, 0.717) is 43.4 Å². The minimum Gasteiger partial charge on any atom is -0.379 e. The summed E-state index contributed by atoms with van der Waals surface area (Å²) in [4.78, 5) is 12.6. The second-order valence-electron chi connectivity index (χ2n) is 5.92. The van der Waals surface area contributed by atoms with Crippen molar-refractivity contribution in [1.29, 1.82) is 0 Å². The number of aromatic nitrogens is 3. The zero-order valence-electron chi connectivity index (χ0n) is 14.8. The van der Waals surface area contributed by atoms with Crippen LogP contribution in [0, 0.1) is 4.77 Å². The number of H-pyrrole nitrogens is 1. The molecule has 2 aromatic rings. The third kappa shape index (κ3) is 4.26. The van der Waals surface area contributed by atoms with Gasteiger partial charge in [-0.1, -0.05) is 6.07 Å². The van der Waals surface area contributed by atoms with Gasteiger partial charge < -0.3 is 14.6 Å². The van der Waals surface area contributed by atoms with Gasteiger partial charge in [0.2, 0.25) is 10.0 Å². The van der Waals surface area contributed by atoms with Crippen LogP contribution in [0.15, 0.2) is 29.2 Å². The number of amides is 1. The molecule has 1 amide bonds. The van der Waals surface area contributed by atoms with Gasteiger partial charge in [-0.05, 0) is 37.3 Å². The molecule has 1 aromatic carbocycles. The predicted octanol–water partition coefficient (Wildman–Crippen LogP) is 0.911. The molecule has 1 saturated heterocycles. The summed E-state index contributed by atoms with van der Waals surface area (Å²) in [6.07, 6.45) is 0. The van der Waals surface area contributed by atoms with Crippen LogP contribution in [0.4, 0.5) is 0 Å². The molecular weight excluding hydrogens is 390 g/mol. The van der Waals surface area contributed by atoms with Crippen molar-refractivity contribution in [3.05, 3.63) is 40.4 Å². The second-order valence-corrected chi connectivity index (χ2v) is 8.24. The minimum absolute atomic E-state index is 0.0910. The molecule has 2 N–H and O–H groups in total. The zero-order valence-corrected chi connectivity index (χ0v) is 16.5. The van der Waals surface area contributed by atoms with Gasteiger partial charge in [0.1, 0.15) is 0 Å². The number of sulfonamides is 1. The van der Waals surface area contributed by atoms with E-state index in [2.05, 4.69) is 15.5 Å². The molecule has 11 heteroatoms. The van der Waals surface area contributed by atoms with Crippen molar-refractivity contribution < 1.29 is 17.9 Å². The number of rotatable bonds is 6. The van der Waals surface area contributed by atoms with Crippen LogP contribution in [0.2, 0.25) is 0 Å². The van der Waals surface area contributed by atoms with Gasteiger partial charge in [-0.15, -0.1) is 0 Å². The van der Waals surface area contributed by atoms with E-state index in [1.54, 1.807) is 16.7 Å². The Labute approximate surface area is 162 Å². The number of carbonyl (C=O) groups is 1. The van der Waals surface area contributed by atoms with E-state index in [4.69, 9.17) is 17.0 Å². The largest absolute Gasteiger partial charge is 0.379 e. The topological polar surface area (TPSA) is 109 Å². The van der Waals surface area contributed by atoms with Gasteiger partial charge in [0.05, 0.1) is 24.7 Å². The van der Waals surface area contributed by atoms with Gasteiger partial charge in [-0.3, -0.25) is 9.89 Å². The van der Waals surface area contributed by atoms with E-state index in [1.807, 2.05) is 6.92 Å². The number of aromatic amines is 1. The smallest absolute Gasteiger partial charge is 0.251 e. The van der Waals surface area contributed by atoms with Crippen LogP contribution >= 0.6 is 12.2 Å². The molecule has 146 valence electrons. The second kappa shape index (κ2) is 8.30. The summed E-state index contributed by atoms with van der Waals surface area (Å²) in [5.41, 5.74) is 0.265. The summed E-state index contributed by atoms with van der Waals surface area (Å²) in [7, 11) is -3.65. The van der Waals surface area contributed by atoms with Crippen LogP contribution in [0.25, 0.3) is 0 Å². The average molecular weight is 412 g/mol. The molecule has 0 aliphatic carbocycles. The lowest BCUT2D eigenvalue weighted by Gasteiger charge is -2.26. The lowest BCUT2D eigenvalue weighted by Crippen LogP contribution is -2.40. The van der Waals surface area contributed by atoms with E-state index in [9.17, 15) is 13.2 Å². The highest BCUT2D eigenvalue weighted by atomic mass is 32.2. The Morgan fingerprint density at radius 1 is 1.37 bits per heavy atom. The highest BCUT2D eigenvalue weighted by molar-refractivity contribution is 7.89. The number of morpholine rings is 1. The summed E-state index contributed by atoms with van der Waals surface area (Å²) >= 11 is 5.12. The van der Waals surface area contributed by atoms with E-state index in [1.165, 1.54) is 16.4 Å². The Kier molecular flexibility index (Phi) is 6.05. The molecule has 0 bridgehead atoms. The first-order valence-corrected chi connectivity index (χ1v) is 10.4. The molecule has 0 saturated carbocycles. The quantitative estimate of drug-likeness (QED) is 0.684. The number of carbonyl (C=O) groups excluding carboxylic acids is 1. The molecule has 1 fully saturated rings. The van der Waals surface area contributed by atoms with Crippen molar-refractivity contribution in [3.63, 3.8) is 0 Å². The zero-order chi connectivity index (χ0) is 19.4. The van der Waals surface area contributed by atoms with Gasteiger partial charge in [-0.25, -0.2) is 8.42 Å². The number of hydrogen-bond acceptors (Lipinski definition) is 6. The van der Waals surface area contributed by atoms with Crippen LogP contribution in [0.5, 0.6) is 0 Å². The summed E-state index contributed by atoms with van der Waals surface area (Å²) in [6.45, 7) is 4.08. The standard InChI is InChI=1S/C16H21N5O4S2/c1-2-21-14(18-19-16(21)26)11-17-15(22)12-4-3-5-13(10-12)27(23,24)20-6-8-25-9-7-20/h3-5,10H,2,6-9,11H2,1H3,(H,17,22)(H,19,26). The van der Waals surface area contributed by atoms with E-state index in [0.717, 1.165) is 0 Å². The van der Waals surface area contributed by atoms with Crippen LogP contribution in [0.3, 0.4) is 0 Å². The molecule has 1 aliphatic heterocycles. The third-order valence-electron chi connectivity index (χ3n) is 4.26. The van der Waals surface area contributed by atoms with Crippen LogP contribution in [-0.4, -0.2) is 59.7 Å². The fourth-order valence-corrected chi connectivity index (χ4v) is 4.54. The van der Waals surface area contributed by atoms with E-state index >= 15 is 0 Å². The highest BCUT2D eigenvalue weighted by Gasteiger charge is 2.26. The molecule has 0 spiro atoms. The number of hydrogen-bond donors (Lipinski definition) is 2. The summed E-state index contributed by atoms with van der Waals surface area (Å²) in [6, 6.07) is 6.01. The van der Waals surface area contributed by atoms with Gasteiger partial charge >= 0.3 is 0 Å². The Hall–Kier alpha value is -2.08. The van der Waals surface area contributed by atoms with Crippen LogP contribution in [0.1, 0.15) is 23.1 Å². The number of ether oxygens (including phenoxy) is 1. The Morgan fingerprint density at radius 3 is 2.81 bits per heavy atom. The summed E-state index contributed by atoms with van der Waals surface area (Å²) in [5, 5.41) is 9.52. The van der Waals surface area contributed by atoms with Crippen molar-refractivity contribution >= 4 is 28.1 Å². The van der Waals surface area contributed by atoms with E-state index < -0.39 is 10.0 Å². The van der Waals surface area contributed by atoms with Gasteiger partial charge in [0.15, 0.2) is 10.6 Å². The first-order chi connectivity index (χ1) is 12.9. The van der Waals surface area contributed by atoms with Gasteiger partial charge in [0, 0.05) is 25.2 Å². The number of benzene rings is 1. The normalized spacial score (nSPS) is 15.6. The lowest BCUT2D eigenvalue weighted by molar-refractivity contribution is 0.0730. The summed E-state index contributed by atoms with van der Waals surface area (Å²) < 4.78 is 34.3. The highest BCUT2D eigenvalue weighted by Crippen LogP contribution is 2.18. The maximum atomic E-state index is 12.7. The molecule has 1 aliphatic rings. The maximum Gasteiger partial charge on any atom is 0.251 e. The van der Waals surface area contributed by atoms with Crippen LogP contribution < -0.4 is 5.32 Å². The molecule has 3 rings (SSSR count). The SMILES string of the molecule is CCn1c(CNC(=O)c2cccc(S(=O)(=O)N3CCOCC3)c2)n[nH]c1=S. The fourth-order valence-electron chi connectivity index (χ4n) is 2.81. The molecule has 0 radical (unpaired) electrons. The fraction of sp³-hybridized carbons (Fsp3) is 0.438. The maximum absolute atomic E-state index is 12.7. The molecular formula is C16H21N5O4S2. The first kappa shape index (κ1) is 19.7. The Balaban J connectivity index is 1.74. The van der Waals surface area contributed by atoms with Crippen molar-refractivity contribution in [1.82, 2.24) is 24.4 Å². The lowest BCUT2D eigenvalue weighted by atomic mass is 10.2. The molecule has 9 nitrogen and oxygen atoms in total. The number of nitrogens with one attached hydrogen (secondary N) is 2. The molecule has 0 atom stereocenters. The molecule has 2 heterocycles. The van der Waals surface area contributed by atoms with Gasteiger partial charge in [-0.2, -0.15) is 9.40 Å². The molecule has 1 aromatic heterocycles. The Bertz CT molecular complexity index is 977.